The average molecular weight is 412 g/mol. The van der Waals surface area contributed by atoms with Crippen LogP contribution in [0.3, 0.4) is 0 Å². The molecular weight excluding hydrogens is 386 g/mol. The third kappa shape index (κ3) is 6.50. The molecule has 1 heterocycles. The zero-order valence-electron chi connectivity index (χ0n) is 14.2. The maximum Gasteiger partial charge on any atom is 0.240 e. The predicted molar refractivity (Wildman–Crippen MR) is 101 cm³/mol. The first-order valence-corrected chi connectivity index (χ1v) is 11.1. The van der Waals surface area contributed by atoms with Crippen molar-refractivity contribution < 1.29 is 16.8 Å². The minimum atomic E-state index is -3.68. The molecule has 1 aliphatic heterocycles. The zero-order chi connectivity index (χ0) is 17.6. The summed E-state index contributed by atoms with van der Waals surface area (Å²) in [6.07, 6.45) is 1.84. The Morgan fingerprint density at radius 2 is 1.84 bits per heavy atom. The molecule has 1 saturated heterocycles. The van der Waals surface area contributed by atoms with E-state index in [1.54, 1.807) is 18.2 Å². The van der Waals surface area contributed by atoms with Gasteiger partial charge in [0.25, 0.3) is 0 Å². The molecule has 10 heteroatoms. The number of nitrogens with zero attached hydrogens (tertiary/aromatic N) is 1. The number of halogens is 1. The summed E-state index contributed by atoms with van der Waals surface area (Å²) in [4.78, 5) is 0.134. The van der Waals surface area contributed by atoms with Crippen LogP contribution in [0, 0.1) is 5.92 Å². The minimum Gasteiger partial charge on any atom is -0.319 e. The van der Waals surface area contributed by atoms with Crippen molar-refractivity contribution in [2.24, 2.45) is 5.92 Å². The third-order valence-electron chi connectivity index (χ3n) is 4.07. The van der Waals surface area contributed by atoms with Crippen molar-refractivity contribution in [2.75, 3.05) is 39.0 Å². The van der Waals surface area contributed by atoms with Gasteiger partial charge in [-0.05, 0) is 44.5 Å². The van der Waals surface area contributed by atoms with E-state index in [0.29, 0.717) is 19.0 Å². The van der Waals surface area contributed by atoms with Gasteiger partial charge in [-0.1, -0.05) is 18.2 Å². The largest absolute Gasteiger partial charge is 0.319 e. The van der Waals surface area contributed by atoms with Gasteiger partial charge >= 0.3 is 0 Å². The van der Waals surface area contributed by atoms with Gasteiger partial charge in [-0.25, -0.2) is 25.9 Å². The van der Waals surface area contributed by atoms with Crippen LogP contribution in [0.5, 0.6) is 0 Å². The highest BCUT2D eigenvalue weighted by Crippen LogP contribution is 2.18. The summed E-state index contributed by atoms with van der Waals surface area (Å²) >= 11 is 0. The Kier molecular flexibility index (Phi) is 8.79. The first kappa shape index (κ1) is 22.3. The van der Waals surface area contributed by atoms with E-state index in [2.05, 4.69) is 10.0 Å². The van der Waals surface area contributed by atoms with Crippen LogP contribution in [-0.4, -0.2) is 60.1 Å². The van der Waals surface area contributed by atoms with Crippen LogP contribution in [0.25, 0.3) is 0 Å². The smallest absolute Gasteiger partial charge is 0.240 e. The van der Waals surface area contributed by atoms with Gasteiger partial charge in [0, 0.05) is 19.6 Å². The van der Waals surface area contributed by atoms with Gasteiger partial charge in [0.1, 0.15) is 0 Å². The van der Waals surface area contributed by atoms with E-state index >= 15 is 0 Å². The molecule has 1 unspecified atom stereocenters. The van der Waals surface area contributed by atoms with E-state index in [9.17, 15) is 16.8 Å². The summed E-state index contributed by atoms with van der Waals surface area (Å²) in [7, 11) is -5.28. The Hall–Kier alpha value is -0.710. The number of benzene rings is 1. The van der Waals surface area contributed by atoms with E-state index in [1.165, 1.54) is 16.4 Å². The molecule has 2 N–H and O–H groups in total. The second-order valence-corrected chi connectivity index (χ2v) is 9.81. The Morgan fingerprint density at radius 1 is 1.16 bits per heavy atom. The van der Waals surface area contributed by atoms with Crippen LogP contribution in [0.2, 0.25) is 0 Å². The van der Waals surface area contributed by atoms with Crippen LogP contribution in [0.4, 0.5) is 0 Å². The Morgan fingerprint density at radius 3 is 2.48 bits per heavy atom. The molecule has 0 saturated carbocycles. The Bertz CT molecular complexity index is 724. The minimum absolute atomic E-state index is 0. The molecule has 0 aliphatic carbocycles. The van der Waals surface area contributed by atoms with Crippen molar-refractivity contribution in [2.45, 2.75) is 17.7 Å². The number of rotatable bonds is 8. The quantitative estimate of drug-likeness (QED) is 0.654. The maximum atomic E-state index is 12.4. The second kappa shape index (κ2) is 9.84. The lowest BCUT2D eigenvalue weighted by Gasteiger charge is -2.31. The highest BCUT2D eigenvalue weighted by molar-refractivity contribution is 7.90. The molecule has 1 atom stereocenters. The number of hydrogen-bond acceptors (Lipinski definition) is 5. The number of hydrogen-bond donors (Lipinski definition) is 2. The monoisotopic (exact) mass is 411 g/mol. The lowest BCUT2D eigenvalue weighted by atomic mass is 10.00. The summed E-state index contributed by atoms with van der Waals surface area (Å²) < 4.78 is 52.9. The fourth-order valence-electron chi connectivity index (χ4n) is 2.85. The van der Waals surface area contributed by atoms with Crippen LogP contribution in [-0.2, 0) is 20.0 Å². The Balaban J connectivity index is 0.00000312. The van der Waals surface area contributed by atoms with Crippen molar-refractivity contribution in [3.8, 4) is 0 Å². The first-order valence-electron chi connectivity index (χ1n) is 8.02. The van der Waals surface area contributed by atoms with Gasteiger partial charge in [-0.2, -0.15) is 0 Å². The van der Waals surface area contributed by atoms with Crippen molar-refractivity contribution in [3.63, 3.8) is 0 Å². The van der Waals surface area contributed by atoms with Crippen LogP contribution in [0.15, 0.2) is 35.2 Å². The summed E-state index contributed by atoms with van der Waals surface area (Å²) in [5.74, 6) is 0.0743. The zero-order valence-corrected chi connectivity index (χ0v) is 16.7. The summed E-state index contributed by atoms with van der Waals surface area (Å²) in [6, 6.07) is 7.93. The second-order valence-electron chi connectivity index (χ2n) is 5.95. The van der Waals surface area contributed by atoms with Crippen molar-refractivity contribution in [3.05, 3.63) is 30.3 Å². The van der Waals surface area contributed by atoms with E-state index in [1.807, 2.05) is 7.05 Å². The molecule has 1 fully saturated rings. The molecule has 1 aromatic rings. The lowest BCUT2D eigenvalue weighted by molar-refractivity contribution is 0.263. The van der Waals surface area contributed by atoms with E-state index in [-0.39, 0.29) is 29.6 Å². The number of sulfonamides is 2. The molecule has 25 heavy (non-hydrogen) atoms. The molecule has 0 spiro atoms. The molecule has 0 radical (unpaired) electrons. The standard InChI is InChI=1S/C15H25N3O4S2.ClH/c1-16-12-14-6-5-10-18(13-14)23(19,20)11-9-17-24(21,22)15-7-3-2-4-8-15;/h2-4,7-8,14,16-17H,5-6,9-13H2,1H3;1H. The average Bonchev–Trinajstić information content (AvgIpc) is 2.56. The summed E-state index contributed by atoms with van der Waals surface area (Å²) in [5.41, 5.74) is 0. The predicted octanol–water partition coefficient (Wildman–Crippen LogP) is 0.648. The topological polar surface area (TPSA) is 95.6 Å². The summed E-state index contributed by atoms with van der Waals surface area (Å²) in [6.45, 7) is 1.65. The Labute approximate surface area is 156 Å². The molecule has 0 bridgehead atoms. The van der Waals surface area contributed by atoms with Crippen molar-refractivity contribution in [1.82, 2.24) is 14.3 Å². The fraction of sp³-hybridized carbons (Fsp3) is 0.600. The molecule has 1 aliphatic rings. The normalized spacial score (nSPS) is 19.3. The van der Waals surface area contributed by atoms with Crippen molar-refractivity contribution in [1.29, 1.82) is 0 Å². The van der Waals surface area contributed by atoms with E-state index in [4.69, 9.17) is 0 Å². The number of piperidine rings is 1. The maximum absolute atomic E-state index is 12.4. The molecule has 0 amide bonds. The summed E-state index contributed by atoms with van der Waals surface area (Å²) in [5, 5.41) is 3.08. The molecular formula is C15H26ClN3O4S2. The van der Waals surface area contributed by atoms with Crippen molar-refractivity contribution >= 4 is 32.5 Å². The SMILES string of the molecule is CNCC1CCCN(S(=O)(=O)CCNS(=O)(=O)c2ccccc2)C1.Cl. The molecule has 144 valence electrons. The number of nitrogens with one attached hydrogen (secondary N) is 2. The van der Waals surface area contributed by atoms with Gasteiger partial charge in [0.05, 0.1) is 10.6 Å². The van der Waals surface area contributed by atoms with Gasteiger partial charge in [-0.3, -0.25) is 0 Å². The van der Waals surface area contributed by atoms with Crippen LogP contribution in [0.1, 0.15) is 12.8 Å². The van der Waals surface area contributed by atoms with E-state index < -0.39 is 20.0 Å². The van der Waals surface area contributed by atoms with Gasteiger partial charge in [-0.15, -0.1) is 12.4 Å². The van der Waals surface area contributed by atoms with Gasteiger partial charge in [0.2, 0.25) is 20.0 Å². The van der Waals surface area contributed by atoms with E-state index in [0.717, 1.165) is 19.4 Å². The lowest BCUT2D eigenvalue weighted by Crippen LogP contribution is -2.44. The van der Waals surface area contributed by atoms with Crippen LogP contribution < -0.4 is 10.0 Å². The van der Waals surface area contributed by atoms with Gasteiger partial charge < -0.3 is 5.32 Å². The molecule has 1 aromatic carbocycles. The fourth-order valence-corrected chi connectivity index (χ4v) is 5.50. The van der Waals surface area contributed by atoms with Gasteiger partial charge in [0.15, 0.2) is 0 Å². The molecule has 0 aromatic heterocycles. The molecule has 2 rings (SSSR count). The molecule has 7 nitrogen and oxygen atoms in total. The highest BCUT2D eigenvalue weighted by atomic mass is 35.5. The third-order valence-corrected chi connectivity index (χ3v) is 7.39. The first-order chi connectivity index (χ1) is 11.3. The van der Waals surface area contributed by atoms with Crippen LogP contribution >= 0.6 is 12.4 Å². The highest BCUT2D eigenvalue weighted by Gasteiger charge is 2.28.